The van der Waals surface area contributed by atoms with Crippen LogP contribution in [0.1, 0.15) is 17.9 Å². The summed E-state index contributed by atoms with van der Waals surface area (Å²) in [7, 11) is 0. The predicted octanol–water partition coefficient (Wildman–Crippen LogP) is 5.37. The van der Waals surface area contributed by atoms with Crippen molar-refractivity contribution in [2.45, 2.75) is 18.0 Å². The van der Waals surface area contributed by atoms with Gasteiger partial charge in [-0.25, -0.2) is 9.59 Å². The normalized spacial score (nSPS) is 19.6. The number of thiophene rings is 1. The van der Waals surface area contributed by atoms with E-state index < -0.39 is 23.6 Å². The summed E-state index contributed by atoms with van der Waals surface area (Å²) >= 11 is 1.58. The molecule has 1 aliphatic rings. The maximum absolute atomic E-state index is 12.9. The fraction of sp³-hybridized carbons (Fsp3) is 0.154. The predicted molar refractivity (Wildman–Crippen MR) is 133 cm³/mol. The standard InChI is InChI=1S/C26H23N3O4S/c30-24(31)26(22(14-15-27-26)21-16-34-23-9-5-4-8-20(21)23)29-25(32)28-17-10-12-19(13-11-17)33-18-6-2-1-3-7-18/h1-13,16,22,27H,14-15H2,(H,30,31)(H2,28,29,32)/t22?,26-/m1/s1. The zero-order chi connectivity index (χ0) is 23.5. The number of amides is 2. The number of ether oxygens (including phenoxy) is 1. The number of fused-ring (bicyclic) bond motifs is 1. The molecule has 0 saturated carbocycles. The van der Waals surface area contributed by atoms with Gasteiger partial charge in [0.05, 0.1) is 0 Å². The summed E-state index contributed by atoms with van der Waals surface area (Å²) in [6.07, 6.45) is 0.596. The van der Waals surface area contributed by atoms with E-state index in [1.165, 1.54) is 0 Å². The molecule has 172 valence electrons. The van der Waals surface area contributed by atoms with E-state index in [0.29, 0.717) is 30.2 Å². The summed E-state index contributed by atoms with van der Waals surface area (Å²) in [5.41, 5.74) is -0.158. The molecule has 2 atom stereocenters. The molecule has 3 aromatic carbocycles. The van der Waals surface area contributed by atoms with Crippen molar-refractivity contribution in [3.63, 3.8) is 0 Å². The van der Waals surface area contributed by atoms with Crippen LogP contribution in [0.4, 0.5) is 10.5 Å². The van der Waals surface area contributed by atoms with E-state index in [9.17, 15) is 14.7 Å². The van der Waals surface area contributed by atoms with Gasteiger partial charge in [0.2, 0.25) is 0 Å². The van der Waals surface area contributed by atoms with Gasteiger partial charge in [0.25, 0.3) is 0 Å². The first-order chi connectivity index (χ1) is 16.5. The van der Waals surface area contributed by atoms with Crippen LogP contribution in [0.5, 0.6) is 11.5 Å². The fourth-order valence-electron chi connectivity index (χ4n) is 4.39. The van der Waals surface area contributed by atoms with Crippen LogP contribution in [0.15, 0.2) is 84.2 Å². The van der Waals surface area contributed by atoms with Gasteiger partial charge < -0.3 is 20.5 Å². The van der Waals surface area contributed by atoms with Crippen molar-refractivity contribution in [2.75, 3.05) is 11.9 Å². The van der Waals surface area contributed by atoms with Gasteiger partial charge in [-0.05, 0) is 71.8 Å². The molecule has 4 N–H and O–H groups in total. The zero-order valence-electron chi connectivity index (χ0n) is 18.2. The summed E-state index contributed by atoms with van der Waals surface area (Å²) in [4.78, 5) is 25.3. The molecule has 7 nitrogen and oxygen atoms in total. The fourth-order valence-corrected chi connectivity index (χ4v) is 5.41. The molecule has 1 fully saturated rings. The second-order valence-electron chi connectivity index (χ2n) is 8.09. The van der Waals surface area contributed by atoms with Crippen molar-refractivity contribution in [1.82, 2.24) is 10.6 Å². The van der Waals surface area contributed by atoms with Crippen LogP contribution in [0.2, 0.25) is 0 Å². The third kappa shape index (κ3) is 4.21. The highest BCUT2D eigenvalue weighted by Crippen LogP contribution is 2.41. The highest BCUT2D eigenvalue weighted by Gasteiger charge is 2.52. The summed E-state index contributed by atoms with van der Waals surface area (Å²) in [5.74, 6) is -0.190. The van der Waals surface area contributed by atoms with Crippen LogP contribution >= 0.6 is 11.3 Å². The number of para-hydroxylation sites is 1. The van der Waals surface area contributed by atoms with Gasteiger partial charge in [-0.2, -0.15) is 0 Å². The van der Waals surface area contributed by atoms with Crippen LogP contribution in [-0.4, -0.2) is 29.3 Å². The van der Waals surface area contributed by atoms with Crippen molar-refractivity contribution in [3.05, 3.63) is 89.8 Å². The minimum atomic E-state index is -1.61. The smallest absolute Gasteiger partial charge is 0.345 e. The van der Waals surface area contributed by atoms with E-state index in [2.05, 4.69) is 16.0 Å². The molecule has 0 spiro atoms. The van der Waals surface area contributed by atoms with E-state index in [1.54, 1.807) is 35.6 Å². The molecule has 8 heteroatoms. The van der Waals surface area contributed by atoms with Gasteiger partial charge in [-0.15, -0.1) is 11.3 Å². The maximum atomic E-state index is 12.9. The third-order valence-corrected chi connectivity index (χ3v) is 6.97. The lowest BCUT2D eigenvalue weighted by Gasteiger charge is -2.32. The van der Waals surface area contributed by atoms with E-state index >= 15 is 0 Å². The molecule has 1 saturated heterocycles. The molecular weight excluding hydrogens is 450 g/mol. The second-order valence-corrected chi connectivity index (χ2v) is 9.00. The van der Waals surface area contributed by atoms with Crippen LogP contribution in [-0.2, 0) is 4.79 Å². The van der Waals surface area contributed by atoms with Crippen LogP contribution < -0.4 is 20.7 Å². The first kappa shape index (κ1) is 21.9. The number of carbonyl (C=O) groups excluding carboxylic acids is 1. The van der Waals surface area contributed by atoms with Gasteiger partial charge in [0.15, 0.2) is 5.66 Å². The van der Waals surface area contributed by atoms with Crippen molar-refractivity contribution >= 4 is 39.1 Å². The topological polar surface area (TPSA) is 99.7 Å². The highest BCUT2D eigenvalue weighted by atomic mass is 32.1. The second kappa shape index (κ2) is 9.17. The molecule has 0 bridgehead atoms. The van der Waals surface area contributed by atoms with Crippen molar-refractivity contribution in [2.24, 2.45) is 0 Å². The van der Waals surface area contributed by atoms with Crippen molar-refractivity contribution in [1.29, 1.82) is 0 Å². The number of aliphatic carboxylic acids is 1. The Bertz CT molecular complexity index is 1320. The van der Waals surface area contributed by atoms with Gasteiger partial charge in [0.1, 0.15) is 11.5 Å². The number of carboxylic acids is 1. The number of benzene rings is 3. The molecule has 0 aliphatic carbocycles. The lowest BCUT2D eigenvalue weighted by Crippen LogP contribution is -2.64. The first-order valence-electron chi connectivity index (χ1n) is 10.9. The molecule has 34 heavy (non-hydrogen) atoms. The monoisotopic (exact) mass is 473 g/mol. The lowest BCUT2D eigenvalue weighted by atomic mass is 9.86. The minimum absolute atomic E-state index is 0.409. The number of carboxylic acid groups (broad SMARTS) is 1. The molecule has 2 amide bonds. The Balaban J connectivity index is 1.32. The molecular formula is C26H23N3O4S. The van der Waals surface area contributed by atoms with Gasteiger partial charge >= 0.3 is 12.0 Å². The Morgan fingerprint density at radius 1 is 0.971 bits per heavy atom. The Morgan fingerprint density at radius 2 is 1.68 bits per heavy atom. The summed E-state index contributed by atoms with van der Waals surface area (Å²) < 4.78 is 6.86. The molecule has 1 aromatic heterocycles. The maximum Gasteiger partial charge on any atom is 0.345 e. The number of hydrogen-bond acceptors (Lipinski definition) is 5. The summed E-state index contributed by atoms with van der Waals surface area (Å²) in [5, 5.41) is 21.7. The van der Waals surface area contributed by atoms with Crippen LogP contribution in [0, 0.1) is 0 Å². The quantitative estimate of drug-likeness (QED) is 0.302. The number of rotatable bonds is 6. The number of anilines is 1. The Hall–Kier alpha value is -3.88. The van der Waals surface area contributed by atoms with E-state index in [0.717, 1.165) is 15.6 Å². The van der Waals surface area contributed by atoms with E-state index in [-0.39, 0.29) is 0 Å². The van der Waals surface area contributed by atoms with E-state index in [4.69, 9.17) is 4.74 Å². The van der Waals surface area contributed by atoms with Gasteiger partial charge in [-0.3, -0.25) is 5.32 Å². The van der Waals surface area contributed by atoms with Crippen molar-refractivity contribution < 1.29 is 19.4 Å². The Kier molecular flexibility index (Phi) is 5.91. The third-order valence-electron chi connectivity index (χ3n) is 5.99. The Labute approximate surface area is 200 Å². The number of nitrogens with one attached hydrogen (secondary N) is 3. The molecule has 0 radical (unpaired) electrons. The first-order valence-corrected chi connectivity index (χ1v) is 11.8. The van der Waals surface area contributed by atoms with Gasteiger partial charge in [-0.1, -0.05) is 36.4 Å². The largest absolute Gasteiger partial charge is 0.478 e. The number of hydrogen-bond donors (Lipinski definition) is 4. The molecule has 1 aliphatic heterocycles. The number of urea groups is 1. The SMILES string of the molecule is O=C(Nc1ccc(Oc2ccccc2)cc1)N[C@]1(C(=O)O)NCCC1c1csc2ccccc12. The number of carbonyl (C=O) groups is 2. The Morgan fingerprint density at radius 3 is 2.44 bits per heavy atom. The highest BCUT2D eigenvalue weighted by molar-refractivity contribution is 7.17. The summed E-state index contributed by atoms with van der Waals surface area (Å²) in [6, 6.07) is 23.6. The molecule has 1 unspecified atom stereocenters. The zero-order valence-corrected chi connectivity index (χ0v) is 19.0. The van der Waals surface area contributed by atoms with Gasteiger partial charge in [0, 0.05) is 16.3 Å². The average Bonchev–Trinajstić information content (AvgIpc) is 3.45. The molecule has 4 aromatic rings. The molecule has 2 heterocycles. The van der Waals surface area contributed by atoms with Crippen LogP contribution in [0.25, 0.3) is 10.1 Å². The van der Waals surface area contributed by atoms with Crippen molar-refractivity contribution in [3.8, 4) is 11.5 Å². The van der Waals surface area contributed by atoms with E-state index in [1.807, 2.05) is 60.0 Å². The minimum Gasteiger partial charge on any atom is -0.478 e. The lowest BCUT2D eigenvalue weighted by molar-refractivity contribution is -0.145. The average molecular weight is 474 g/mol. The molecule has 5 rings (SSSR count). The summed E-state index contributed by atoms with van der Waals surface area (Å²) in [6.45, 7) is 0.479. The van der Waals surface area contributed by atoms with Crippen LogP contribution in [0.3, 0.4) is 0 Å².